The molecule has 5 rings (SSSR count). The van der Waals surface area contributed by atoms with Crippen molar-refractivity contribution in [3.8, 4) is 0 Å². The van der Waals surface area contributed by atoms with Crippen LogP contribution in [0.15, 0.2) is 24.3 Å². The van der Waals surface area contributed by atoms with Gasteiger partial charge in [0, 0.05) is 11.7 Å². The van der Waals surface area contributed by atoms with Gasteiger partial charge in [-0.15, -0.1) is 0 Å². The topological polar surface area (TPSA) is 24.1 Å². The molecule has 0 heterocycles. The molecule has 0 aromatic heterocycles. The molecule has 1 aromatic carbocycles. The second-order valence-corrected chi connectivity index (χ2v) is 9.68. The SMILES string of the molecule is CCCC(NC(=S)Nc1ccc(CC)cc1)C12CC3CC(CC(C3)C1)C2. The van der Waals surface area contributed by atoms with Crippen LogP contribution >= 0.6 is 12.2 Å². The summed E-state index contributed by atoms with van der Waals surface area (Å²) in [5.74, 6) is 2.97. The average Bonchev–Trinajstić information content (AvgIpc) is 2.61. The molecule has 4 bridgehead atoms. The molecule has 0 saturated heterocycles. The van der Waals surface area contributed by atoms with Crippen LogP contribution in [-0.2, 0) is 6.42 Å². The van der Waals surface area contributed by atoms with E-state index in [0.717, 1.165) is 35.0 Å². The summed E-state index contributed by atoms with van der Waals surface area (Å²) >= 11 is 5.72. The fraction of sp³-hybridized carbons (Fsp3) is 0.696. The Labute approximate surface area is 164 Å². The Morgan fingerprint density at radius 2 is 1.62 bits per heavy atom. The van der Waals surface area contributed by atoms with Crippen LogP contribution in [0.1, 0.15) is 70.8 Å². The van der Waals surface area contributed by atoms with Crippen LogP contribution < -0.4 is 10.6 Å². The summed E-state index contributed by atoms with van der Waals surface area (Å²) in [6, 6.07) is 9.20. The van der Waals surface area contributed by atoms with Crippen LogP contribution in [0.2, 0.25) is 0 Å². The minimum absolute atomic E-state index is 0.503. The smallest absolute Gasteiger partial charge is 0.171 e. The van der Waals surface area contributed by atoms with E-state index in [-0.39, 0.29) is 0 Å². The molecule has 2 N–H and O–H groups in total. The van der Waals surface area contributed by atoms with Crippen molar-refractivity contribution in [3.05, 3.63) is 29.8 Å². The lowest BCUT2D eigenvalue weighted by Gasteiger charge is -2.59. The molecule has 0 amide bonds. The van der Waals surface area contributed by atoms with Gasteiger partial charge >= 0.3 is 0 Å². The summed E-state index contributed by atoms with van der Waals surface area (Å²) in [7, 11) is 0. The highest BCUT2D eigenvalue weighted by Gasteiger charge is 2.54. The van der Waals surface area contributed by atoms with Crippen LogP contribution in [-0.4, -0.2) is 11.2 Å². The standard InChI is InChI=1S/C23H34N2S/c1-3-5-21(23-13-17-10-18(14-23)12-19(11-17)15-23)25-22(26)24-20-8-6-16(4-2)7-9-20/h6-9,17-19,21H,3-5,10-15H2,1-2H3,(H2,24,25,26). The van der Waals surface area contributed by atoms with Crippen LogP contribution in [0.25, 0.3) is 0 Å². The molecule has 1 atom stereocenters. The molecule has 4 aliphatic carbocycles. The summed E-state index contributed by atoms with van der Waals surface area (Å²) < 4.78 is 0. The zero-order valence-electron chi connectivity index (χ0n) is 16.4. The lowest BCUT2D eigenvalue weighted by molar-refractivity contribution is -0.0718. The molecular formula is C23H34N2S. The second kappa shape index (κ2) is 7.50. The molecule has 3 heteroatoms. The number of thiocarbonyl (C=S) groups is 1. The maximum Gasteiger partial charge on any atom is 0.171 e. The minimum atomic E-state index is 0.503. The third kappa shape index (κ3) is 3.65. The summed E-state index contributed by atoms with van der Waals surface area (Å²) in [4.78, 5) is 0. The first kappa shape index (κ1) is 18.3. The van der Waals surface area contributed by atoms with Crippen molar-refractivity contribution in [2.75, 3.05) is 5.32 Å². The Bertz CT molecular complexity index is 601. The van der Waals surface area contributed by atoms with Gasteiger partial charge in [-0.3, -0.25) is 0 Å². The first-order chi connectivity index (χ1) is 12.6. The quantitative estimate of drug-likeness (QED) is 0.608. The van der Waals surface area contributed by atoms with E-state index in [1.807, 2.05) is 0 Å². The minimum Gasteiger partial charge on any atom is -0.359 e. The number of benzene rings is 1. The van der Waals surface area contributed by atoms with Gasteiger partial charge in [-0.05, 0) is 104 Å². The van der Waals surface area contributed by atoms with Crippen molar-refractivity contribution in [2.45, 2.75) is 77.7 Å². The van der Waals surface area contributed by atoms with Gasteiger partial charge in [0.1, 0.15) is 0 Å². The van der Waals surface area contributed by atoms with Gasteiger partial charge in [0.25, 0.3) is 0 Å². The van der Waals surface area contributed by atoms with E-state index >= 15 is 0 Å². The van der Waals surface area contributed by atoms with Gasteiger partial charge in [-0.2, -0.15) is 0 Å². The predicted molar refractivity (Wildman–Crippen MR) is 114 cm³/mol. The zero-order valence-corrected chi connectivity index (χ0v) is 17.2. The van der Waals surface area contributed by atoms with Crippen molar-refractivity contribution in [1.82, 2.24) is 5.32 Å². The Hall–Kier alpha value is -1.09. The third-order valence-electron chi connectivity index (χ3n) is 7.33. The molecule has 1 unspecified atom stereocenters. The van der Waals surface area contributed by atoms with E-state index < -0.39 is 0 Å². The highest BCUT2D eigenvalue weighted by atomic mass is 32.1. The Morgan fingerprint density at radius 3 is 2.12 bits per heavy atom. The first-order valence-corrected chi connectivity index (χ1v) is 11.2. The number of hydrogen-bond donors (Lipinski definition) is 2. The Kier molecular flexibility index (Phi) is 5.27. The van der Waals surface area contributed by atoms with Gasteiger partial charge in [-0.25, -0.2) is 0 Å². The van der Waals surface area contributed by atoms with E-state index in [0.29, 0.717) is 11.5 Å². The first-order valence-electron chi connectivity index (χ1n) is 10.8. The summed E-state index contributed by atoms with van der Waals surface area (Å²) in [5, 5.41) is 8.02. The molecule has 0 radical (unpaired) electrons. The van der Waals surface area contributed by atoms with E-state index in [2.05, 4.69) is 48.7 Å². The lowest BCUT2D eigenvalue weighted by atomic mass is 9.47. The van der Waals surface area contributed by atoms with Gasteiger partial charge in [0.15, 0.2) is 5.11 Å². The molecule has 2 nitrogen and oxygen atoms in total. The summed E-state index contributed by atoms with van der Waals surface area (Å²) in [5.41, 5.74) is 2.97. The number of hydrogen-bond acceptors (Lipinski definition) is 1. The molecule has 142 valence electrons. The highest BCUT2D eigenvalue weighted by Crippen LogP contribution is 2.61. The molecule has 26 heavy (non-hydrogen) atoms. The van der Waals surface area contributed by atoms with E-state index in [9.17, 15) is 0 Å². The normalized spacial score (nSPS) is 33.1. The van der Waals surface area contributed by atoms with Crippen LogP contribution in [0.3, 0.4) is 0 Å². The maximum atomic E-state index is 5.72. The molecule has 0 spiro atoms. The summed E-state index contributed by atoms with van der Waals surface area (Å²) in [6.07, 6.45) is 12.4. The van der Waals surface area contributed by atoms with E-state index in [1.54, 1.807) is 0 Å². The second-order valence-electron chi connectivity index (χ2n) is 9.27. The molecule has 4 aliphatic rings. The molecule has 0 aliphatic heterocycles. The van der Waals surface area contributed by atoms with Crippen molar-refractivity contribution in [1.29, 1.82) is 0 Å². The average molecular weight is 371 g/mol. The highest BCUT2D eigenvalue weighted by molar-refractivity contribution is 7.80. The molecule has 1 aromatic rings. The number of rotatable bonds is 6. The Morgan fingerprint density at radius 1 is 1.04 bits per heavy atom. The fourth-order valence-corrected chi connectivity index (χ4v) is 6.83. The summed E-state index contributed by atoms with van der Waals surface area (Å²) in [6.45, 7) is 4.50. The van der Waals surface area contributed by atoms with Crippen molar-refractivity contribution in [3.63, 3.8) is 0 Å². The van der Waals surface area contributed by atoms with Gasteiger partial charge in [0.05, 0.1) is 0 Å². The number of aryl methyl sites for hydroxylation is 1. The largest absolute Gasteiger partial charge is 0.359 e. The molecule has 4 fully saturated rings. The monoisotopic (exact) mass is 370 g/mol. The van der Waals surface area contributed by atoms with E-state index in [4.69, 9.17) is 12.2 Å². The molecular weight excluding hydrogens is 336 g/mol. The van der Waals surface area contributed by atoms with Crippen molar-refractivity contribution < 1.29 is 0 Å². The van der Waals surface area contributed by atoms with Crippen molar-refractivity contribution in [2.24, 2.45) is 23.2 Å². The third-order valence-corrected chi connectivity index (χ3v) is 7.55. The van der Waals surface area contributed by atoms with Crippen molar-refractivity contribution >= 4 is 23.0 Å². The van der Waals surface area contributed by atoms with Crippen LogP contribution in [0.4, 0.5) is 5.69 Å². The maximum absolute atomic E-state index is 5.72. The number of nitrogens with one attached hydrogen (secondary N) is 2. The van der Waals surface area contributed by atoms with E-state index in [1.165, 1.54) is 56.9 Å². The zero-order chi connectivity index (χ0) is 18.1. The van der Waals surface area contributed by atoms with Crippen LogP contribution in [0, 0.1) is 23.2 Å². The van der Waals surface area contributed by atoms with Gasteiger partial charge in [0.2, 0.25) is 0 Å². The fourth-order valence-electron chi connectivity index (χ4n) is 6.57. The van der Waals surface area contributed by atoms with Crippen LogP contribution in [0.5, 0.6) is 0 Å². The number of anilines is 1. The lowest BCUT2D eigenvalue weighted by Crippen LogP contribution is -2.57. The van der Waals surface area contributed by atoms with Gasteiger partial charge < -0.3 is 10.6 Å². The predicted octanol–water partition coefficient (Wildman–Crippen LogP) is 5.92. The Balaban J connectivity index is 1.44. The molecule has 4 saturated carbocycles. The van der Waals surface area contributed by atoms with Gasteiger partial charge in [-0.1, -0.05) is 32.4 Å².